The van der Waals surface area contributed by atoms with Crippen molar-refractivity contribution in [3.63, 3.8) is 0 Å². The third-order valence-corrected chi connectivity index (χ3v) is 3.09. The Labute approximate surface area is 89.7 Å². The molecule has 2 fully saturated rings. The van der Waals surface area contributed by atoms with E-state index >= 15 is 0 Å². The first-order valence-corrected chi connectivity index (χ1v) is 5.44. The molecular weight excluding hydrogens is 196 g/mol. The summed E-state index contributed by atoms with van der Waals surface area (Å²) in [5.74, 6) is 0.184. The minimum absolute atomic E-state index is 0.0203. The number of amides is 1. The van der Waals surface area contributed by atoms with Gasteiger partial charge in [-0.2, -0.15) is 0 Å². The Morgan fingerprint density at radius 1 is 1.27 bits per heavy atom. The molecule has 0 saturated carbocycles. The lowest BCUT2D eigenvalue weighted by Gasteiger charge is -2.30. The molecule has 5 nitrogen and oxygen atoms in total. The Morgan fingerprint density at radius 3 is 2.67 bits per heavy atom. The van der Waals surface area contributed by atoms with Crippen LogP contribution in [0.25, 0.3) is 0 Å². The molecule has 2 heterocycles. The zero-order valence-corrected chi connectivity index (χ0v) is 9.07. The normalized spacial score (nSPS) is 31.9. The van der Waals surface area contributed by atoms with Crippen molar-refractivity contribution in [2.75, 3.05) is 46.6 Å². The zero-order valence-electron chi connectivity index (χ0n) is 9.07. The van der Waals surface area contributed by atoms with Crippen LogP contribution in [0.4, 0.5) is 0 Å². The van der Waals surface area contributed by atoms with E-state index in [0.717, 1.165) is 0 Å². The molecular formula is C10H18N2O3. The number of ether oxygens (including phenoxy) is 2. The predicted octanol–water partition coefficient (Wildman–Crippen LogP) is -0.920. The van der Waals surface area contributed by atoms with Crippen LogP contribution in [0.5, 0.6) is 0 Å². The van der Waals surface area contributed by atoms with E-state index < -0.39 is 0 Å². The Hall–Kier alpha value is -0.650. The van der Waals surface area contributed by atoms with Crippen molar-refractivity contribution in [3.8, 4) is 0 Å². The SMILES string of the molecule is CNC1COCC1C(=O)N1CCOCC1. The summed E-state index contributed by atoms with van der Waals surface area (Å²) in [5, 5.41) is 3.13. The van der Waals surface area contributed by atoms with Crippen LogP contribution in [0.1, 0.15) is 0 Å². The third-order valence-electron chi connectivity index (χ3n) is 3.09. The molecule has 86 valence electrons. The first kappa shape index (κ1) is 10.9. The zero-order chi connectivity index (χ0) is 10.7. The molecule has 2 aliphatic rings. The number of hydrogen-bond donors (Lipinski definition) is 1. The topological polar surface area (TPSA) is 50.8 Å². The summed E-state index contributed by atoms with van der Waals surface area (Å²) < 4.78 is 10.6. The maximum Gasteiger partial charge on any atom is 0.229 e. The molecule has 2 saturated heterocycles. The van der Waals surface area contributed by atoms with Crippen LogP contribution in [0.3, 0.4) is 0 Å². The van der Waals surface area contributed by atoms with E-state index in [4.69, 9.17) is 9.47 Å². The quantitative estimate of drug-likeness (QED) is 0.646. The lowest BCUT2D eigenvalue weighted by molar-refractivity contribution is -0.140. The molecule has 15 heavy (non-hydrogen) atoms. The fourth-order valence-electron chi connectivity index (χ4n) is 2.10. The lowest BCUT2D eigenvalue weighted by Crippen LogP contribution is -2.48. The molecule has 1 amide bonds. The van der Waals surface area contributed by atoms with Gasteiger partial charge in [0.05, 0.1) is 32.3 Å². The number of rotatable bonds is 2. The number of nitrogens with one attached hydrogen (secondary N) is 1. The molecule has 0 aromatic carbocycles. The minimum atomic E-state index is -0.0203. The second kappa shape index (κ2) is 4.92. The van der Waals surface area contributed by atoms with Crippen LogP contribution in [-0.2, 0) is 14.3 Å². The van der Waals surface area contributed by atoms with Crippen molar-refractivity contribution >= 4 is 5.91 Å². The highest BCUT2D eigenvalue weighted by atomic mass is 16.5. The fourth-order valence-corrected chi connectivity index (χ4v) is 2.10. The molecule has 0 bridgehead atoms. The van der Waals surface area contributed by atoms with E-state index in [1.54, 1.807) is 0 Å². The molecule has 2 atom stereocenters. The highest BCUT2D eigenvalue weighted by molar-refractivity contribution is 5.80. The second-order valence-corrected chi connectivity index (χ2v) is 3.98. The molecule has 5 heteroatoms. The average molecular weight is 214 g/mol. The second-order valence-electron chi connectivity index (χ2n) is 3.98. The van der Waals surface area contributed by atoms with Crippen molar-refractivity contribution in [2.24, 2.45) is 5.92 Å². The first-order chi connectivity index (χ1) is 7.33. The molecule has 0 aliphatic carbocycles. The van der Waals surface area contributed by atoms with Gasteiger partial charge >= 0.3 is 0 Å². The van der Waals surface area contributed by atoms with Gasteiger partial charge in [0.15, 0.2) is 0 Å². The molecule has 2 aliphatic heterocycles. The Balaban J connectivity index is 1.93. The number of morpholine rings is 1. The van der Waals surface area contributed by atoms with Gasteiger partial charge in [-0.1, -0.05) is 0 Å². The summed E-state index contributed by atoms with van der Waals surface area (Å²) in [7, 11) is 1.87. The molecule has 0 aromatic rings. The van der Waals surface area contributed by atoms with Crippen LogP contribution in [0.2, 0.25) is 0 Å². The van der Waals surface area contributed by atoms with Crippen LogP contribution >= 0.6 is 0 Å². The maximum atomic E-state index is 12.1. The van der Waals surface area contributed by atoms with E-state index in [2.05, 4.69) is 5.32 Å². The standard InChI is InChI=1S/C10H18N2O3/c1-11-9-7-15-6-8(9)10(13)12-2-4-14-5-3-12/h8-9,11H,2-7H2,1H3. The smallest absolute Gasteiger partial charge is 0.229 e. The van der Waals surface area contributed by atoms with Gasteiger partial charge in [-0.3, -0.25) is 4.79 Å². The predicted molar refractivity (Wildman–Crippen MR) is 54.6 cm³/mol. The number of likely N-dealkylation sites (N-methyl/N-ethyl adjacent to an activating group) is 1. The van der Waals surface area contributed by atoms with E-state index in [9.17, 15) is 4.79 Å². The van der Waals surface area contributed by atoms with Crippen LogP contribution < -0.4 is 5.32 Å². The highest BCUT2D eigenvalue weighted by Gasteiger charge is 2.35. The fraction of sp³-hybridized carbons (Fsp3) is 0.900. The van der Waals surface area contributed by atoms with E-state index in [1.165, 1.54) is 0 Å². The third kappa shape index (κ3) is 2.30. The van der Waals surface area contributed by atoms with Crippen LogP contribution in [0.15, 0.2) is 0 Å². The molecule has 0 spiro atoms. The van der Waals surface area contributed by atoms with Gasteiger partial charge in [0.2, 0.25) is 5.91 Å². The molecule has 1 N–H and O–H groups in total. The lowest BCUT2D eigenvalue weighted by atomic mass is 10.0. The van der Waals surface area contributed by atoms with Gasteiger partial charge < -0.3 is 19.7 Å². The van der Waals surface area contributed by atoms with Crippen molar-refractivity contribution in [2.45, 2.75) is 6.04 Å². The number of carbonyl (C=O) groups excluding carboxylic acids is 1. The maximum absolute atomic E-state index is 12.1. The van der Waals surface area contributed by atoms with E-state index in [-0.39, 0.29) is 17.9 Å². The van der Waals surface area contributed by atoms with Crippen molar-refractivity contribution in [3.05, 3.63) is 0 Å². The number of carbonyl (C=O) groups is 1. The van der Waals surface area contributed by atoms with Gasteiger partial charge in [-0.05, 0) is 7.05 Å². The van der Waals surface area contributed by atoms with Gasteiger partial charge in [0.1, 0.15) is 0 Å². The summed E-state index contributed by atoms with van der Waals surface area (Å²) in [4.78, 5) is 14.0. The van der Waals surface area contributed by atoms with Crippen LogP contribution in [-0.4, -0.2) is 63.4 Å². The summed E-state index contributed by atoms with van der Waals surface area (Å²) in [5.41, 5.74) is 0. The van der Waals surface area contributed by atoms with Gasteiger partial charge in [0, 0.05) is 19.1 Å². The molecule has 2 unspecified atom stereocenters. The Bertz CT molecular complexity index is 229. The van der Waals surface area contributed by atoms with E-state index in [1.807, 2.05) is 11.9 Å². The molecule has 0 radical (unpaired) electrons. The molecule has 2 rings (SSSR count). The average Bonchev–Trinajstić information content (AvgIpc) is 2.77. The van der Waals surface area contributed by atoms with Crippen molar-refractivity contribution < 1.29 is 14.3 Å². The monoisotopic (exact) mass is 214 g/mol. The summed E-state index contributed by atoms with van der Waals surface area (Å²) >= 11 is 0. The van der Waals surface area contributed by atoms with Gasteiger partial charge in [-0.25, -0.2) is 0 Å². The minimum Gasteiger partial charge on any atom is -0.379 e. The largest absolute Gasteiger partial charge is 0.379 e. The van der Waals surface area contributed by atoms with Crippen molar-refractivity contribution in [1.29, 1.82) is 0 Å². The number of hydrogen-bond acceptors (Lipinski definition) is 4. The highest BCUT2D eigenvalue weighted by Crippen LogP contribution is 2.17. The van der Waals surface area contributed by atoms with Gasteiger partial charge in [-0.15, -0.1) is 0 Å². The molecule has 0 aromatic heterocycles. The Morgan fingerprint density at radius 2 is 2.00 bits per heavy atom. The Kier molecular flexibility index (Phi) is 3.56. The summed E-state index contributed by atoms with van der Waals surface area (Å²) in [6.07, 6.45) is 0. The van der Waals surface area contributed by atoms with Crippen LogP contribution in [0, 0.1) is 5.92 Å². The number of nitrogens with zero attached hydrogens (tertiary/aromatic N) is 1. The summed E-state index contributed by atoms with van der Waals surface area (Å²) in [6.45, 7) is 3.92. The van der Waals surface area contributed by atoms with Gasteiger partial charge in [0.25, 0.3) is 0 Å². The van der Waals surface area contributed by atoms with E-state index in [0.29, 0.717) is 39.5 Å². The summed E-state index contributed by atoms with van der Waals surface area (Å²) in [6, 6.07) is 0.167. The van der Waals surface area contributed by atoms with Crippen molar-refractivity contribution in [1.82, 2.24) is 10.2 Å². The first-order valence-electron chi connectivity index (χ1n) is 5.44.